The van der Waals surface area contributed by atoms with Crippen molar-refractivity contribution in [2.75, 3.05) is 19.7 Å². The fraction of sp³-hybridized carbons (Fsp3) is 0.500. The van der Waals surface area contributed by atoms with Gasteiger partial charge >= 0.3 is 5.97 Å². The van der Waals surface area contributed by atoms with E-state index < -0.39 is 0 Å². The molecule has 7 heteroatoms. The van der Waals surface area contributed by atoms with Crippen LogP contribution in [-0.2, 0) is 25.5 Å². The molecule has 0 aliphatic carbocycles. The lowest BCUT2D eigenvalue weighted by Crippen LogP contribution is -2.49. The fourth-order valence-corrected chi connectivity index (χ4v) is 3.89. The van der Waals surface area contributed by atoms with Crippen LogP contribution in [0.3, 0.4) is 0 Å². The Labute approximate surface area is 150 Å². The average molecular weight is 362 g/mol. The summed E-state index contributed by atoms with van der Waals surface area (Å²) in [6.07, 6.45) is 0.756. The lowest BCUT2D eigenvalue weighted by atomic mass is 10.2. The molecule has 6 nitrogen and oxygen atoms in total. The quantitative estimate of drug-likeness (QED) is 0.764. The Balaban J connectivity index is 1.44. The molecule has 1 fully saturated rings. The predicted molar refractivity (Wildman–Crippen MR) is 95.5 cm³/mol. The summed E-state index contributed by atoms with van der Waals surface area (Å²) in [6.45, 7) is 4.72. The molecule has 2 aromatic rings. The number of benzene rings is 1. The van der Waals surface area contributed by atoms with Crippen LogP contribution >= 0.6 is 11.3 Å². The molecule has 1 saturated heterocycles. The summed E-state index contributed by atoms with van der Waals surface area (Å²) in [5, 5.41) is 0.903. The molecule has 2 heterocycles. The summed E-state index contributed by atoms with van der Waals surface area (Å²) < 4.78 is 11.8. The number of morpholine rings is 1. The van der Waals surface area contributed by atoms with Crippen LogP contribution in [0.4, 0.5) is 0 Å². The number of aryl methyl sites for hydroxylation is 1. The number of amides is 1. The number of esters is 1. The average Bonchev–Trinajstić information content (AvgIpc) is 3.00. The Morgan fingerprint density at radius 3 is 2.72 bits per heavy atom. The Bertz CT molecular complexity index is 717. The smallest absolute Gasteiger partial charge is 0.306 e. The molecule has 1 aliphatic rings. The highest BCUT2D eigenvalue weighted by Gasteiger charge is 2.26. The van der Waals surface area contributed by atoms with Crippen molar-refractivity contribution in [2.24, 2.45) is 0 Å². The van der Waals surface area contributed by atoms with Crippen LogP contribution in [0.25, 0.3) is 10.2 Å². The molecule has 0 saturated carbocycles. The molecule has 134 valence electrons. The third kappa shape index (κ3) is 4.76. The number of aromatic nitrogens is 1. The molecule has 0 spiro atoms. The number of thiazole rings is 1. The summed E-state index contributed by atoms with van der Waals surface area (Å²) in [6, 6.07) is 7.88. The fourth-order valence-electron chi connectivity index (χ4n) is 2.92. The minimum atomic E-state index is -0.373. The number of rotatable bonds is 5. The van der Waals surface area contributed by atoms with Gasteiger partial charge in [0, 0.05) is 19.5 Å². The van der Waals surface area contributed by atoms with Crippen LogP contribution in [0, 0.1) is 0 Å². The summed E-state index contributed by atoms with van der Waals surface area (Å²) in [4.78, 5) is 30.3. The van der Waals surface area contributed by atoms with Crippen LogP contribution < -0.4 is 0 Å². The van der Waals surface area contributed by atoms with Gasteiger partial charge in [-0.3, -0.25) is 9.59 Å². The molecule has 1 aliphatic heterocycles. The van der Waals surface area contributed by atoms with Gasteiger partial charge in [0.15, 0.2) is 6.61 Å². The van der Waals surface area contributed by atoms with Gasteiger partial charge in [0.25, 0.3) is 5.91 Å². The zero-order valence-electron chi connectivity index (χ0n) is 14.4. The number of hydrogen-bond acceptors (Lipinski definition) is 6. The van der Waals surface area contributed by atoms with Gasteiger partial charge < -0.3 is 14.4 Å². The van der Waals surface area contributed by atoms with E-state index in [1.54, 1.807) is 16.2 Å². The molecule has 3 rings (SSSR count). The van der Waals surface area contributed by atoms with E-state index in [1.807, 2.05) is 38.1 Å². The number of carbonyl (C=O) groups is 2. The van der Waals surface area contributed by atoms with Gasteiger partial charge in [-0.2, -0.15) is 0 Å². The number of hydrogen-bond donors (Lipinski definition) is 0. The van der Waals surface area contributed by atoms with Crippen molar-refractivity contribution in [3.63, 3.8) is 0 Å². The van der Waals surface area contributed by atoms with Crippen molar-refractivity contribution in [1.82, 2.24) is 9.88 Å². The van der Waals surface area contributed by atoms with Gasteiger partial charge in [-0.25, -0.2) is 4.98 Å². The second kappa shape index (κ2) is 7.93. The maximum absolute atomic E-state index is 12.2. The van der Waals surface area contributed by atoms with Gasteiger partial charge in [0.1, 0.15) is 0 Å². The SMILES string of the molecule is C[C@@H]1CN(C(=O)COC(=O)CCc2nc3ccccc3s2)C[C@@H](C)O1. The molecular weight excluding hydrogens is 340 g/mol. The number of fused-ring (bicyclic) bond motifs is 1. The van der Waals surface area contributed by atoms with Gasteiger partial charge in [-0.05, 0) is 26.0 Å². The lowest BCUT2D eigenvalue weighted by Gasteiger charge is -2.35. The third-order valence-corrected chi connectivity index (χ3v) is 5.11. The summed E-state index contributed by atoms with van der Waals surface area (Å²) in [7, 11) is 0. The number of carbonyl (C=O) groups excluding carboxylic acids is 2. The molecule has 1 aromatic heterocycles. The second-order valence-corrected chi connectivity index (χ2v) is 7.41. The first kappa shape index (κ1) is 17.8. The first-order valence-corrected chi connectivity index (χ1v) is 9.26. The predicted octanol–water partition coefficient (Wildman–Crippen LogP) is 2.41. The standard InChI is InChI=1S/C18H22N2O4S/c1-12-9-20(10-13(2)24-12)17(21)11-23-18(22)8-7-16-19-14-5-3-4-6-15(14)25-16/h3-6,12-13H,7-11H2,1-2H3/t12-,13-/m1/s1. The molecule has 0 unspecified atom stereocenters. The zero-order chi connectivity index (χ0) is 17.8. The molecule has 1 amide bonds. The lowest BCUT2D eigenvalue weighted by molar-refractivity contribution is -0.157. The van der Waals surface area contributed by atoms with E-state index in [-0.39, 0.29) is 37.1 Å². The van der Waals surface area contributed by atoms with E-state index in [1.165, 1.54) is 0 Å². The van der Waals surface area contributed by atoms with E-state index in [4.69, 9.17) is 9.47 Å². The van der Waals surface area contributed by atoms with E-state index in [2.05, 4.69) is 4.98 Å². The van der Waals surface area contributed by atoms with E-state index in [0.29, 0.717) is 19.5 Å². The molecule has 0 radical (unpaired) electrons. The molecule has 0 N–H and O–H groups in total. The van der Waals surface area contributed by atoms with E-state index in [9.17, 15) is 9.59 Å². The summed E-state index contributed by atoms with van der Waals surface area (Å²) >= 11 is 1.58. The Morgan fingerprint density at radius 1 is 1.28 bits per heavy atom. The molecular formula is C18H22N2O4S. The first-order chi connectivity index (χ1) is 12.0. The number of ether oxygens (including phenoxy) is 2. The minimum Gasteiger partial charge on any atom is -0.456 e. The van der Waals surface area contributed by atoms with Gasteiger partial charge in [-0.1, -0.05) is 12.1 Å². The van der Waals surface area contributed by atoms with Crippen LogP contribution in [0.15, 0.2) is 24.3 Å². The van der Waals surface area contributed by atoms with Gasteiger partial charge in [-0.15, -0.1) is 11.3 Å². The van der Waals surface area contributed by atoms with Crippen molar-refractivity contribution in [1.29, 1.82) is 0 Å². The van der Waals surface area contributed by atoms with Crippen LogP contribution in [-0.4, -0.2) is 53.7 Å². The first-order valence-electron chi connectivity index (χ1n) is 8.44. The second-order valence-electron chi connectivity index (χ2n) is 6.29. The number of para-hydroxylation sites is 1. The molecule has 0 bridgehead atoms. The zero-order valence-corrected chi connectivity index (χ0v) is 15.3. The van der Waals surface area contributed by atoms with Crippen molar-refractivity contribution >= 4 is 33.4 Å². The monoisotopic (exact) mass is 362 g/mol. The largest absolute Gasteiger partial charge is 0.456 e. The van der Waals surface area contributed by atoms with Crippen molar-refractivity contribution in [3.05, 3.63) is 29.3 Å². The third-order valence-electron chi connectivity index (χ3n) is 4.01. The Kier molecular flexibility index (Phi) is 5.65. The normalized spacial score (nSPS) is 20.6. The highest BCUT2D eigenvalue weighted by molar-refractivity contribution is 7.18. The van der Waals surface area contributed by atoms with E-state index >= 15 is 0 Å². The molecule has 2 atom stereocenters. The van der Waals surface area contributed by atoms with Gasteiger partial charge in [0.05, 0.1) is 33.9 Å². The van der Waals surface area contributed by atoms with E-state index in [0.717, 1.165) is 15.2 Å². The Hall–Kier alpha value is -1.99. The van der Waals surface area contributed by atoms with Crippen molar-refractivity contribution in [2.45, 2.75) is 38.9 Å². The maximum atomic E-state index is 12.2. The molecule has 1 aromatic carbocycles. The summed E-state index contributed by atoms with van der Waals surface area (Å²) in [5.74, 6) is -0.544. The summed E-state index contributed by atoms with van der Waals surface area (Å²) in [5.41, 5.74) is 0.946. The minimum absolute atomic E-state index is 0.00226. The van der Waals surface area contributed by atoms with Crippen molar-refractivity contribution in [3.8, 4) is 0 Å². The molecule has 25 heavy (non-hydrogen) atoms. The van der Waals surface area contributed by atoms with Crippen LogP contribution in [0.5, 0.6) is 0 Å². The number of nitrogens with zero attached hydrogens (tertiary/aromatic N) is 2. The highest BCUT2D eigenvalue weighted by Crippen LogP contribution is 2.22. The topological polar surface area (TPSA) is 68.7 Å². The highest BCUT2D eigenvalue weighted by atomic mass is 32.1. The van der Waals surface area contributed by atoms with Crippen LogP contribution in [0.1, 0.15) is 25.3 Å². The van der Waals surface area contributed by atoms with Crippen LogP contribution in [0.2, 0.25) is 0 Å². The maximum Gasteiger partial charge on any atom is 0.306 e. The van der Waals surface area contributed by atoms with Crippen molar-refractivity contribution < 1.29 is 19.1 Å². The Morgan fingerprint density at radius 2 is 2.00 bits per heavy atom. The van der Waals surface area contributed by atoms with Gasteiger partial charge in [0.2, 0.25) is 0 Å².